The van der Waals surface area contributed by atoms with E-state index in [4.69, 9.17) is 9.47 Å². The van der Waals surface area contributed by atoms with Gasteiger partial charge in [-0.25, -0.2) is 4.79 Å². The molecule has 0 radical (unpaired) electrons. The summed E-state index contributed by atoms with van der Waals surface area (Å²) in [7, 11) is 0. The first-order valence-corrected chi connectivity index (χ1v) is 10.5. The fourth-order valence-electron chi connectivity index (χ4n) is 7.83. The molecule has 5 nitrogen and oxygen atoms in total. The van der Waals surface area contributed by atoms with Crippen molar-refractivity contribution in [2.45, 2.75) is 58.0 Å². The van der Waals surface area contributed by atoms with Crippen molar-refractivity contribution in [3.8, 4) is 0 Å². The molecule has 6 aliphatic rings. The molecule has 2 unspecified atom stereocenters. The predicted octanol–water partition coefficient (Wildman–Crippen LogP) is 3.38. The summed E-state index contributed by atoms with van der Waals surface area (Å²) < 4.78 is 11.6. The number of ether oxygens (including phenoxy) is 2. The molecular formula is C23H28O5. The van der Waals surface area contributed by atoms with Gasteiger partial charge in [0.1, 0.15) is 6.10 Å². The lowest BCUT2D eigenvalue weighted by Crippen LogP contribution is -2.73. The Balaban J connectivity index is 1.70. The minimum atomic E-state index is -0.838. The van der Waals surface area contributed by atoms with Crippen molar-refractivity contribution in [3.05, 3.63) is 24.8 Å². The van der Waals surface area contributed by atoms with Gasteiger partial charge in [0.05, 0.1) is 17.4 Å². The minimum Gasteiger partial charge on any atom is -0.465 e. The second-order valence-electron chi connectivity index (χ2n) is 9.96. The van der Waals surface area contributed by atoms with Crippen LogP contribution in [0.4, 0.5) is 0 Å². The molecule has 5 heteroatoms. The van der Waals surface area contributed by atoms with Crippen LogP contribution in [-0.4, -0.2) is 30.4 Å². The highest BCUT2D eigenvalue weighted by molar-refractivity contribution is 6.03. The van der Waals surface area contributed by atoms with Crippen LogP contribution < -0.4 is 0 Å². The lowest BCUT2D eigenvalue weighted by Gasteiger charge is -2.69. The Labute approximate surface area is 165 Å². The monoisotopic (exact) mass is 384 g/mol. The van der Waals surface area contributed by atoms with E-state index in [9.17, 15) is 14.4 Å². The van der Waals surface area contributed by atoms with Crippen LogP contribution in [0.3, 0.4) is 0 Å². The van der Waals surface area contributed by atoms with Crippen molar-refractivity contribution in [1.82, 2.24) is 0 Å². The highest BCUT2D eigenvalue weighted by atomic mass is 16.5. The van der Waals surface area contributed by atoms with Crippen molar-refractivity contribution in [1.29, 1.82) is 0 Å². The van der Waals surface area contributed by atoms with E-state index >= 15 is 0 Å². The molecule has 1 saturated heterocycles. The van der Waals surface area contributed by atoms with Crippen LogP contribution in [0.1, 0.15) is 51.9 Å². The third-order valence-corrected chi connectivity index (χ3v) is 9.04. The molecule has 5 saturated carbocycles. The zero-order valence-electron chi connectivity index (χ0n) is 16.5. The zero-order chi connectivity index (χ0) is 19.9. The maximum atomic E-state index is 13.6. The van der Waals surface area contributed by atoms with Gasteiger partial charge in [0.25, 0.3) is 0 Å². The molecule has 28 heavy (non-hydrogen) atoms. The Morgan fingerprint density at radius 3 is 2.71 bits per heavy atom. The van der Waals surface area contributed by atoms with E-state index in [2.05, 4.69) is 20.1 Å². The number of fused-ring (bicyclic) bond motifs is 2. The van der Waals surface area contributed by atoms with Crippen LogP contribution in [0, 0.1) is 34.0 Å². The molecule has 1 spiro atoms. The number of Topliss-reactive ketones (excluding diaryl/α,β-unsaturated/α-hetero) is 1. The smallest absolute Gasteiger partial charge is 0.330 e. The molecule has 6 fully saturated rings. The first kappa shape index (κ1) is 18.1. The Bertz CT molecular complexity index is 814. The molecule has 7 atom stereocenters. The fraction of sp³-hybridized carbons (Fsp3) is 0.696. The van der Waals surface area contributed by atoms with Crippen molar-refractivity contribution in [2.75, 3.05) is 6.61 Å². The van der Waals surface area contributed by atoms with Gasteiger partial charge in [-0.2, -0.15) is 0 Å². The summed E-state index contributed by atoms with van der Waals surface area (Å²) in [6, 6.07) is 0. The largest absolute Gasteiger partial charge is 0.465 e. The summed E-state index contributed by atoms with van der Waals surface area (Å²) in [5.41, 5.74) is -0.934. The molecule has 6 rings (SSSR count). The maximum Gasteiger partial charge on any atom is 0.330 e. The van der Waals surface area contributed by atoms with Gasteiger partial charge in [-0.05, 0) is 61.9 Å². The van der Waals surface area contributed by atoms with E-state index in [1.54, 1.807) is 0 Å². The van der Waals surface area contributed by atoms with Gasteiger partial charge < -0.3 is 9.47 Å². The van der Waals surface area contributed by atoms with E-state index in [0.717, 1.165) is 32.1 Å². The van der Waals surface area contributed by atoms with E-state index < -0.39 is 22.9 Å². The van der Waals surface area contributed by atoms with E-state index in [1.807, 2.05) is 0 Å². The first-order chi connectivity index (χ1) is 13.3. The topological polar surface area (TPSA) is 69.7 Å². The van der Waals surface area contributed by atoms with E-state index in [1.165, 1.54) is 6.08 Å². The lowest BCUT2D eigenvalue weighted by atomic mass is 9.35. The predicted molar refractivity (Wildman–Crippen MR) is 101 cm³/mol. The number of allylic oxidation sites excluding steroid dienone is 1. The third-order valence-electron chi connectivity index (χ3n) is 9.04. The van der Waals surface area contributed by atoms with Crippen molar-refractivity contribution in [3.63, 3.8) is 0 Å². The zero-order valence-corrected chi connectivity index (χ0v) is 16.5. The van der Waals surface area contributed by atoms with Gasteiger partial charge in [-0.15, -0.1) is 0 Å². The fourth-order valence-corrected chi connectivity index (χ4v) is 7.83. The summed E-state index contributed by atoms with van der Waals surface area (Å²) in [6.07, 6.45) is 6.25. The Hall–Kier alpha value is -1.91. The summed E-state index contributed by atoms with van der Waals surface area (Å²) in [5.74, 6) is -0.530. The molecular weight excluding hydrogens is 356 g/mol. The highest BCUT2D eigenvalue weighted by Gasteiger charge is 2.76. The van der Waals surface area contributed by atoms with Crippen LogP contribution in [0.5, 0.6) is 0 Å². The normalized spacial score (nSPS) is 49.0. The lowest BCUT2D eigenvalue weighted by molar-refractivity contribution is -0.257. The number of hydrogen-bond acceptors (Lipinski definition) is 5. The minimum absolute atomic E-state index is 0.0142. The Morgan fingerprint density at radius 2 is 1.96 bits per heavy atom. The molecule has 0 aromatic carbocycles. The first-order valence-electron chi connectivity index (χ1n) is 10.5. The van der Waals surface area contributed by atoms with Crippen molar-refractivity contribution < 1.29 is 23.9 Å². The highest BCUT2D eigenvalue weighted by Crippen LogP contribution is 2.73. The number of cyclic esters (lactones) is 1. The van der Waals surface area contributed by atoms with Crippen molar-refractivity contribution in [2.24, 2.45) is 34.0 Å². The van der Waals surface area contributed by atoms with Crippen LogP contribution in [-0.2, 0) is 23.9 Å². The average molecular weight is 384 g/mol. The molecule has 150 valence electrons. The summed E-state index contributed by atoms with van der Waals surface area (Å²) in [4.78, 5) is 39.1. The molecule has 5 aliphatic carbocycles. The second-order valence-corrected chi connectivity index (χ2v) is 9.96. The van der Waals surface area contributed by atoms with Gasteiger partial charge in [0, 0.05) is 11.5 Å². The Morgan fingerprint density at radius 1 is 1.18 bits per heavy atom. The van der Waals surface area contributed by atoms with Crippen molar-refractivity contribution >= 4 is 17.7 Å². The number of carbonyl (C=O) groups excluding carboxylic acids is 3. The molecule has 4 bridgehead atoms. The van der Waals surface area contributed by atoms with Gasteiger partial charge in [-0.3, -0.25) is 9.59 Å². The van der Waals surface area contributed by atoms with Crippen LogP contribution in [0.25, 0.3) is 0 Å². The van der Waals surface area contributed by atoms with Gasteiger partial charge in [0.2, 0.25) is 0 Å². The molecule has 0 aromatic heterocycles. The Kier molecular flexibility index (Phi) is 3.61. The number of ketones is 1. The van der Waals surface area contributed by atoms with Gasteiger partial charge in [0.15, 0.2) is 5.78 Å². The summed E-state index contributed by atoms with van der Waals surface area (Å²) >= 11 is 0. The molecule has 0 amide bonds. The molecule has 0 aromatic rings. The van der Waals surface area contributed by atoms with Crippen LogP contribution in [0.15, 0.2) is 24.8 Å². The molecule has 1 heterocycles. The number of esters is 2. The molecule has 1 aliphatic heterocycles. The van der Waals surface area contributed by atoms with E-state index in [0.29, 0.717) is 25.0 Å². The maximum absolute atomic E-state index is 13.6. The summed E-state index contributed by atoms with van der Waals surface area (Å²) in [6.45, 7) is 10.2. The third kappa shape index (κ3) is 1.91. The summed E-state index contributed by atoms with van der Waals surface area (Å²) in [5, 5.41) is 0. The number of carbonyl (C=O) groups is 3. The number of hydrogen-bond donors (Lipinski definition) is 0. The van der Waals surface area contributed by atoms with Gasteiger partial charge in [-0.1, -0.05) is 26.5 Å². The van der Waals surface area contributed by atoms with Crippen LogP contribution >= 0.6 is 0 Å². The van der Waals surface area contributed by atoms with Crippen LogP contribution in [0.2, 0.25) is 0 Å². The van der Waals surface area contributed by atoms with E-state index in [-0.39, 0.29) is 34.9 Å². The van der Waals surface area contributed by atoms with Gasteiger partial charge >= 0.3 is 11.9 Å². The standard InChI is InChI=1S/C23H28O5/c1-4-18(24)28-17-11-15-21(3)7-5-8-22(15,20(26)27-12-21)16-10-14-6-9-23(16,17)19(25)13(14)2/h4,14-17H,1-2,5-12H2,3H3/t14-,15?,16?,17+,21-,22-,23+/m0/s1. The average Bonchev–Trinajstić information content (AvgIpc) is 2.69. The quantitative estimate of drug-likeness (QED) is 0.539. The second kappa shape index (κ2) is 5.58. The SMILES string of the molecule is C=CC(=O)O[C@@H]1CC2[C@@]3(C)CCC[C@@]2(C(=O)OC3)C2C[C@@H]3CC[C@@]21C(=O)C3=C. The number of rotatable bonds is 2. The molecule has 0 N–H and O–H groups in total.